The number of aliphatic carboxylic acids is 1. The molecular formula is C22H30N2O6S. The molecular weight excluding hydrogens is 420 g/mol. The van der Waals surface area contributed by atoms with Crippen LogP contribution in [0.3, 0.4) is 0 Å². The Morgan fingerprint density at radius 3 is 2.35 bits per heavy atom. The van der Waals surface area contributed by atoms with Crippen molar-refractivity contribution < 1.29 is 27.7 Å². The molecule has 1 aromatic carbocycles. The van der Waals surface area contributed by atoms with Gasteiger partial charge in [-0.1, -0.05) is 25.5 Å². The molecule has 8 nitrogen and oxygen atoms in total. The molecule has 0 unspecified atom stereocenters. The van der Waals surface area contributed by atoms with Crippen molar-refractivity contribution in [3.8, 4) is 5.75 Å². The number of carbonyl (C=O) groups is 1. The Morgan fingerprint density at radius 2 is 1.74 bits per heavy atom. The molecule has 2 N–H and O–H groups in total. The number of nitrogens with zero attached hydrogens (tertiary/aromatic N) is 2. The van der Waals surface area contributed by atoms with E-state index in [4.69, 9.17) is 4.28 Å². The summed E-state index contributed by atoms with van der Waals surface area (Å²) in [5.74, 6) is -1.27. The number of pyridine rings is 1. The Hall–Kier alpha value is -2.49. The van der Waals surface area contributed by atoms with Gasteiger partial charge in [0.25, 0.3) is 10.1 Å². The van der Waals surface area contributed by atoms with E-state index in [0.717, 1.165) is 23.5 Å². The van der Waals surface area contributed by atoms with Crippen LogP contribution in [0, 0.1) is 0 Å². The Morgan fingerprint density at radius 1 is 1.06 bits per heavy atom. The van der Waals surface area contributed by atoms with Gasteiger partial charge in [0, 0.05) is 25.4 Å². The van der Waals surface area contributed by atoms with Crippen LogP contribution in [0.15, 0.2) is 48.8 Å². The van der Waals surface area contributed by atoms with Crippen LogP contribution in [0.1, 0.15) is 43.7 Å². The standard InChI is InChI=1S/C22H30N2O6S/c1-2-3-16-31(28,29)30-24(15-5-4-6-18-11-13-23-14-12-18)21(22(26)27)17-19-7-9-20(25)10-8-19/h7-14,21,25H,2-6,15-17H2,1H3,(H,26,27)/t21-/m0/s1. The van der Waals surface area contributed by atoms with E-state index < -0.39 is 22.1 Å². The quantitative estimate of drug-likeness (QED) is 0.333. The highest BCUT2D eigenvalue weighted by atomic mass is 32.2. The van der Waals surface area contributed by atoms with Crippen molar-refractivity contribution in [2.24, 2.45) is 0 Å². The van der Waals surface area contributed by atoms with E-state index in [1.165, 1.54) is 12.1 Å². The first-order valence-corrected chi connectivity index (χ1v) is 12.0. The van der Waals surface area contributed by atoms with E-state index in [-0.39, 0.29) is 24.5 Å². The maximum Gasteiger partial charge on any atom is 0.323 e. The Kier molecular flexibility index (Phi) is 9.90. The number of carboxylic acids is 1. The number of aromatic hydroxyl groups is 1. The molecule has 31 heavy (non-hydrogen) atoms. The average molecular weight is 451 g/mol. The molecule has 0 amide bonds. The molecule has 2 rings (SSSR count). The number of aromatic nitrogens is 1. The van der Waals surface area contributed by atoms with Crippen LogP contribution in [-0.2, 0) is 32.0 Å². The summed E-state index contributed by atoms with van der Waals surface area (Å²) in [5, 5.41) is 20.3. The number of carboxylic acid groups (broad SMARTS) is 1. The molecule has 2 aromatic rings. The Bertz CT molecular complexity index is 903. The van der Waals surface area contributed by atoms with Gasteiger partial charge in [-0.25, -0.2) is 0 Å². The SMILES string of the molecule is CCCCS(=O)(=O)ON(CCCCc1ccncc1)[C@@H](Cc1ccc(O)cc1)C(=O)O. The van der Waals surface area contributed by atoms with Crippen LogP contribution in [-0.4, -0.2) is 53.0 Å². The molecule has 0 saturated heterocycles. The van der Waals surface area contributed by atoms with E-state index in [2.05, 4.69) is 4.98 Å². The number of rotatable bonds is 14. The largest absolute Gasteiger partial charge is 0.508 e. The topological polar surface area (TPSA) is 117 Å². The van der Waals surface area contributed by atoms with Gasteiger partial charge < -0.3 is 10.2 Å². The van der Waals surface area contributed by atoms with Crippen LogP contribution in [0.25, 0.3) is 0 Å². The van der Waals surface area contributed by atoms with E-state index in [1.54, 1.807) is 24.5 Å². The summed E-state index contributed by atoms with van der Waals surface area (Å²) < 4.78 is 30.0. The lowest BCUT2D eigenvalue weighted by molar-refractivity contribution is -0.159. The summed E-state index contributed by atoms with van der Waals surface area (Å²) in [6.07, 6.45) is 6.66. The van der Waals surface area contributed by atoms with E-state index >= 15 is 0 Å². The second kappa shape index (κ2) is 12.4. The van der Waals surface area contributed by atoms with Gasteiger partial charge in [-0.3, -0.25) is 9.78 Å². The van der Waals surface area contributed by atoms with Crippen LogP contribution in [0.4, 0.5) is 0 Å². The van der Waals surface area contributed by atoms with Crippen molar-refractivity contribution in [3.05, 3.63) is 59.9 Å². The number of unbranched alkanes of at least 4 members (excludes halogenated alkanes) is 2. The number of hydrogen-bond acceptors (Lipinski definition) is 7. The lowest BCUT2D eigenvalue weighted by atomic mass is 10.0. The maximum absolute atomic E-state index is 12.4. The third-order valence-corrected chi connectivity index (χ3v) is 6.01. The number of phenols is 1. The highest BCUT2D eigenvalue weighted by Gasteiger charge is 2.30. The zero-order valence-electron chi connectivity index (χ0n) is 17.7. The molecule has 0 fully saturated rings. The highest BCUT2D eigenvalue weighted by molar-refractivity contribution is 7.86. The lowest BCUT2D eigenvalue weighted by Crippen LogP contribution is -2.44. The summed E-state index contributed by atoms with van der Waals surface area (Å²) in [5.41, 5.74) is 1.76. The van der Waals surface area contributed by atoms with E-state index in [0.29, 0.717) is 24.8 Å². The predicted octanol–water partition coefficient (Wildman–Crippen LogP) is 3.17. The van der Waals surface area contributed by atoms with Crippen LogP contribution >= 0.6 is 0 Å². The van der Waals surface area contributed by atoms with Crippen molar-refractivity contribution >= 4 is 16.1 Å². The maximum atomic E-state index is 12.4. The molecule has 0 aliphatic rings. The molecule has 0 aliphatic carbocycles. The smallest absolute Gasteiger partial charge is 0.323 e. The summed E-state index contributed by atoms with van der Waals surface area (Å²) in [6.45, 7) is 2.03. The third-order valence-electron chi connectivity index (χ3n) is 4.80. The first-order chi connectivity index (χ1) is 14.8. The first kappa shape index (κ1) is 24.8. The van der Waals surface area contributed by atoms with Crippen LogP contribution in [0.2, 0.25) is 0 Å². The second-order valence-corrected chi connectivity index (χ2v) is 9.04. The predicted molar refractivity (Wildman–Crippen MR) is 117 cm³/mol. The molecule has 170 valence electrons. The minimum Gasteiger partial charge on any atom is -0.508 e. The van der Waals surface area contributed by atoms with Crippen molar-refractivity contribution in [1.29, 1.82) is 0 Å². The number of benzene rings is 1. The second-order valence-electron chi connectivity index (χ2n) is 7.37. The zero-order valence-corrected chi connectivity index (χ0v) is 18.5. The van der Waals surface area contributed by atoms with Crippen LogP contribution < -0.4 is 0 Å². The minimum atomic E-state index is -3.90. The zero-order chi connectivity index (χ0) is 22.7. The fourth-order valence-electron chi connectivity index (χ4n) is 3.06. The van der Waals surface area contributed by atoms with Gasteiger partial charge in [-0.05, 0) is 61.1 Å². The fraction of sp³-hybridized carbons (Fsp3) is 0.455. The number of phenolic OH excluding ortho intramolecular Hbond substituents is 1. The van der Waals surface area contributed by atoms with Gasteiger partial charge in [0.1, 0.15) is 11.8 Å². The molecule has 1 atom stereocenters. The summed E-state index contributed by atoms with van der Waals surface area (Å²) in [7, 11) is -3.90. The van der Waals surface area contributed by atoms with Gasteiger partial charge in [-0.2, -0.15) is 17.8 Å². The molecule has 1 aromatic heterocycles. The van der Waals surface area contributed by atoms with E-state index in [9.17, 15) is 23.4 Å². The van der Waals surface area contributed by atoms with Crippen molar-refractivity contribution in [2.45, 2.75) is 51.5 Å². The molecule has 0 bridgehead atoms. The minimum absolute atomic E-state index is 0.0449. The summed E-state index contributed by atoms with van der Waals surface area (Å²) in [6, 6.07) is 8.79. The number of aryl methyl sites for hydroxylation is 1. The molecule has 9 heteroatoms. The Labute approximate surface area is 183 Å². The molecule has 0 aliphatic heterocycles. The van der Waals surface area contributed by atoms with Crippen molar-refractivity contribution in [3.63, 3.8) is 0 Å². The first-order valence-electron chi connectivity index (χ1n) is 10.4. The average Bonchev–Trinajstić information content (AvgIpc) is 2.74. The number of hydrogen-bond donors (Lipinski definition) is 2. The third kappa shape index (κ3) is 9.04. The Balaban J connectivity index is 2.10. The number of hydroxylamine groups is 2. The molecule has 0 spiro atoms. The highest BCUT2D eigenvalue weighted by Crippen LogP contribution is 2.17. The van der Waals surface area contributed by atoms with Crippen LogP contribution in [0.5, 0.6) is 5.75 Å². The van der Waals surface area contributed by atoms with Crippen molar-refractivity contribution in [1.82, 2.24) is 10.0 Å². The van der Waals surface area contributed by atoms with Gasteiger partial charge in [0.05, 0.1) is 5.75 Å². The molecule has 0 radical (unpaired) electrons. The fourth-order valence-corrected chi connectivity index (χ4v) is 4.25. The van der Waals surface area contributed by atoms with Crippen molar-refractivity contribution in [2.75, 3.05) is 12.3 Å². The van der Waals surface area contributed by atoms with Gasteiger partial charge >= 0.3 is 5.97 Å². The van der Waals surface area contributed by atoms with E-state index in [1.807, 2.05) is 19.1 Å². The summed E-state index contributed by atoms with van der Waals surface area (Å²) in [4.78, 5) is 16.0. The molecule has 0 saturated carbocycles. The lowest BCUT2D eigenvalue weighted by Gasteiger charge is -2.27. The monoisotopic (exact) mass is 450 g/mol. The normalized spacial score (nSPS) is 12.7. The molecule has 1 heterocycles. The van der Waals surface area contributed by atoms with Gasteiger partial charge in [-0.15, -0.1) is 0 Å². The van der Waals surface area contributed by atoms with Gasteiger partial charge in [0.15, 0.2) is 0 Å². The van der Waals surface area contributed by atoms with Gasteiger partial charge in [0.2, 0.25) is 0 Å². The summed E-state index contributed by atoms with van der Waals surface area (Å²) >= 11 is 0.